The van der Waals surface area contributed by atoms with Crippen LogP contribution < -0.4 is 10.2 Å². The number of hydrogen-bond donors (Lipinski definition) is 1. The van der Waals surface area contributed by atoms with Crippen LogP contribution in [0.25, 0.3) is 0 Å². The van der Waals surface area contributed by atoms with Crippen molar-refractivity contribution < 1.29 is 9.53 Å². The topological polar surface area (TPSA) is 63.6 Å². The summed E-state index contributed by atoms with van der Waals surface area (Å²) in [5.74, 6) is 0.338. The van der Waals surface area contributed by atoms with Gasteiger partial charge in [-0.2, -0.15) is 5.10 Å². The molecule has 1 N–H and O–H groups in total. The molecule has 1 aromatic heterocycles. The number of amides is 1. The van der Waals surface area contributed by atoms with Crippen LogP contribution in [0.3, 0.4) is 0 Å². The molecule has 2 rings (SSSR count). The standard InChI is InChI=1S/C14H13N3O2/c18-14(11-19-13-4-2-1-3-5-13)17-16-10-12-6-8-15-9-7-12/h1-10H,11H2,(H,17,18)/b16-10-. The fraction of sp³-hybridized carbons (Fsp3) is 0.0714. The quantitative estimate of drug-likeness (QED) is 0.652. The number of ether oxygens (including phenoxy) is 1. The first-order valence-electron chi connectivity index (χ1n) is 5.74. The number of nitrogens with zero attached hydrogens (tertiary/aromatic N) is 2. The fourth-order valence-electron chi connectivity index (χ4n) is 1.33. The molecule has 19 heavy (non-hydrogen) atoms. The van der Waals surface area contributed by atoms with Crippen LogP contribution in [-0.2, 0) is 4.79 Å². The Bertz CT molecular complexity index is 541. The molecule has 0 saturated heterocycles. The van der Waals surface area contributed by atoms with Gasteiger partial charge >= 0.3 is 0 Å². The van der Waals surface area contributed by atoms with Gasteiger partial charge in [-0.05, 0) is 29.8 Å². The van der Waals surface area contributed by atoms with Crippen LogP contribution in [0.5, 0.6) is 5.75 Å². The molecule has 0 saturated carbocycles. The summed E-state index contributed by atoms with van der Waals surface area (Å²) in [4.78, 5) is 15.3. The first-order chi connectivity index (χ1) is 9.34. The summed E-state index contributed by atoms with van der Waals surface area (Å²) in [6, 6.07) is 12.7. The first kappa shape index (κ1) is 12.8. The van der Waals surface area contributed by atoms with Gasteiger partial charge in [-0.15, -0.1) is 0 Å². The lowest BCUT2D eigenvalue weighted by molar-refractivity contribution is -0.123. The summed E-state index contributed by atoms with van der Waals surface area (Å²) in [6.07, 6.45) is 4.85. The number of hydrazone groups is 1. The maximum Gasteiger partial charge on any atom is 0.277 e. The first-order valence-corrected chi connectivity index (χ1v) is 5.74. The van der Waals surface area contributed by atoms with Crippen molar-refractivity contribution in [1.82, 2.24) is 10.4 Å². The summed E-state index contributed by atoms with van der Waals surface area (Å²) in [6.45, 7) is -0.0717. The lowest BCUT2D eigenvalue weighted by Crippen LogP contribution is -2.24. The van der Waals surface area contributed by atoms with Crippen molar-refractivity contribution in [3.8, 4) is 5.75 Å². The van der Waals surface area contributed by atoms with Gasteiger partial charge in [0.25, 0.3) is 5.91 Å². The second-order valence-electron chi connectivity index (χ2n) is 3.68. The van der Waals surface area contributed by atoms with Crippen LogP contribution in [0, 0.1) is 0 Å². The molecule has 0 aliphatic heterocycles. The summed E-state index contributed by atoms with van der Waals surface area (Å²) in [5.41, 5.74) is 3.25. The van der Waals surface area contributed by atoms with Gasteiger partial charge in [0, 0.05) is 12.4 Å². The van der Waals surface area contributed by atoms with Gasteiger partial charge in [-0.25, -0.2) is 5.43 Å². The molecule has 2 aromatic rings. The van der Waals surface area contributed by atoms with Gasteiger partial charge in [-0.3, -0.25) is 9.78 Å². The minimum absolute atomic E-state index is 0.0717. The van der Waals surface area contributed by atoms with Crippen LogP contribution in [-0.4, -0.2) is 23.7 Å². The Morgan fingerprint density at radius 2 is 1.95 bits per heavy atom. The molecule has 0 aliphatic rings. The normalized spacial score (nSPS) is 10.3. The molecule has 1 aromatic carbocycles. The van der Waals surface area contributed by atoms with Crippen molar-refractivity contribution in [1.29, 1.82) is 0 Å². The van der Waals surface area contributed by atoms with E-state index in [1.165, 1.54) is 0 Å². The third-order valence-electron chi connectivity index (χ3n) is 2.22. The number of carbonyl (C=O) groups is 1. The maximum absolute atomic E-state index is 11.4. The van der Waals surface area contributed by atoms with Crippen LogP contribution in [0.1, 0.15) is 5.56 Å². The van der Waals surface area contributed by atoms with Crippen LogP contribution >= 0.6 is 0 Å². The van der Waals surface area contributed by atoms with Gasteiger partial charge < -0.3 is 4.74 Å². The Labute approximate surface area is 110 Å². The molecule has 0 spiro atoms. The predicted molar refractivity (Wildman–Crippen MR) is 71.9 cm³/mol. The summed E-state index contributed by atoms with van der Waals surface area (Å²) < 4.78 is 5.27. The highest BCUT2D eigenvalue weighted by atomic mass is 16.5. The highest BCUT2D eigenvalue weighted by molar-refractivity contribution is 5.82. The maximum atomic E-state index is 11.4. The lowest BCUT2D eigenvalue weighted by atomic mass is 10.3. The number of carbonyl (C=O) groups excluding carboxylic acids is 1. The molecular weight excluding hydrogens is 242 g/mol. The highest BCUT2D eigenvalue weighted by Crippen LogP contribution is 2.07. The van der Waals surface area contributed by atoms with E-state index in [0.29, 0.717) is 5.75 Å². The molecule has 0 bridgehead atoms. The van der Waals surface area contributed by atoms with Gasteiger partial charge in [0.05, 0.1) is 6.21 Å². The Kier molecular flexibility index (Phi) is 4.64. The number of hydrogen-bond acceptors (Lipinski definition) is 4. The average Bonchev–Trinajstić information content (AvgIpc) is 2.47. The summed E-state index contributed by atoms with van der Waals surface area (Å²) in [7, 11) is 0. The van der Waals surface area contributed by atoms with Gasteiger partial charge in [-0.1, -0.05) is 18.2 Å². The van der Waals surface area contributed by atoms with Crippen molar-refractivity contribution in [3.63, 3.8) is 0 Å². The van der Waals surface area contributed by atoms with E-state index in [-0.39, 0.29) is 12.5 Å². The van der Waals surface area contributed by atoms with Gasteiger partial charge in [0.2, 0.25) is 0 Å². The zero-order chi connectivity index (χ0) is 13.3. The van der Waals surface area contributed by atoms with E-state index in [1.807, 2.05) is 18.2 Å². The zero-order valence-electron chi connectivity index (χ0n) is 10.2. The second-order valence-corrected chi connectivity index (χ2v) is 3.68. The molecule has 1 heterocycles. The highest BCUT2D eigenvalue weighted by Gasteiger charge is 2.00. The van der Waals surface area contributed by atoms with E-state index in [4.69, 9.17) is 4.74 Å². The average molecular weight is 255 g/mol. The van der Waals surface area contributed by atoms with Gasteiger partial charge in [0.1, 0.15) is 5.75 Å². The molecule has 96 valence electrons. The molecule has 1 amide bonds. The number of pyridine rings is 1. The Morgan fingerprint density at radius 1 is 1.21 bits per heavy atom. The fourth-order valence-corrected chi connectivity index (χ4v) is 1.33. The third kappa shape index (κ3) is 4.59. The van der Waals surface area contributed by atoms with Crippen LogP contribution in [0.2, 0.25) is 0 Å². The zero-order valence-corrected chi connectivity index (χ0v) is 10.2. The van der Waals surface area contributed by atoms with Crippen molar-refractivity contribution in [2.45, 2.75) is 0 Å². The van der Waals surface area contributed by atoms with Crippen LogP contribution in [0.4, 0.5) is 0 Å². The number of benzene rings is 1. The second kappa shape index (κ2) is 6.90. The smallest absolute Gasteiger partial charge is 0.277 e. The molecule has 0 unspecified atom stereocenters. The molecule has 0 aliphatic carbocycles. The molecular formula is C14H13N3O2. The summed E-state index contributed by atoms with van der Waals surface area (Å²) >= 11 is 0. The Morgan fingerprint density at radius 3 is 2.68 bits per heavy atom. The van der Waals surface area contributed by atoms with Crippen molar-refractivity contribution in [3.05, 3.63) is 60.4 Å². The number of para-hydroxylation sites is 1. The number of rotatable bonds is 5. The van der Waals surface area contributed by atoms with E-state index < -0.39 is 0 Å². The largest absolute Gasteiger partial charge is 0.484 e. The van der Waals surface area contributed by atoms with E-state index in [2.05, 4.69) is 15.5 Å². The SMILES string of the molecule is O=C(COc1ccccc1)N/N=C\c1ccncc1. The van der Waals surface area contributed by atoms with Crippen molar-refractivity contribution >= 4 is 12.1 Å². The number of nitrogens with one attached hydrogen (secondary N) is 1. The third-order valence-corrected chi connectivity index (χ3v) is 2.22. The summed E-state index contributed by atoms with van der Waals surface area (Å²) in [5, 5.41) is 3.82. The molecule has 5 heteroatoms. The van der Waals surface area contributed by atoms with E-state index in [9.17, 15) is 4.79 Å². The predicted octanol–water partition coefficient (Wildman–Crippen LogP) is 1.61. The monoisotopic (exact) mass is 255 g/mol. The van der Waals surface area contributed by atoms with E-state index >= 15 is 0 Å². The lowest BCUT2D eigenvalue weighted by Gasteiger charge is -2.03. The Hall–Kier alpha value is -2.69. The minimum atomic E-state index is -0.311. The molecule has 5 nitrogen and oxygen atoms in total. The Balaban J connectivity index is 1.75. The van der Waals surface area contributed by atoms with Gasteiger partial charge in [0.15, 0.2) is 6.61 Å². The van der Waals surface area contributed by atoms with E-state index in [1.54, 1.807) is 42.9 Å². The number of aromatic nitrogens is 1. The molecule has 0 fully saturated rings. The molecule has 0 atom stereocenters. The minimum Gasteiger partial charge on any atom is -0.484 e. The van der Waals surface area contributed by atoms with Crippen molar-refractivity contribution in [2.24, 2.45) is 5.10 Å². The van der Waals surface area contributed by atoms with Crippen molar-refractivity contribution in [2.75, 3.05) is 6.61 Å². The van der Waals surface area contributed by atoms with Crippen LogP contribution in [0.15, 0.2) is 60.0 Å². The molecule has 0 radical (unpaired) electrons. The van der Waals surface area contributed by atoms with E-state index in [0.717, 1.165) is 5.56 Å².